The Kier molecular flexibility index (Phi) is 7.65. The first-order valence-electron chi connectivity index (χ1n) is 12.4. The van der Waals surface area contributed by atoms with Crippen molar-refractivity contribution in [3.8, 4) is 0 Å². The van der Waals surface area contributed by atoms with Crippen molar-refractivity contribution in [3.05, 3.63) is 71.0 Å². The second-order valence-electron chi connectivity index (χ2n) is 10.0. The molecule has 3 atom stereocenters. The number of nitrogens with zero attached hydrogens (tertiary/aromatic N) is 1. The van der Waals surface area contributed by atoms with Crippen molar-refractivity contribution in [1.29, 1.82) is 0 Å². The van der Waals surface area contributed by atoms with Gasteiger partial charge in [0.25, 0.3) is 0 Å². The van der Waals surface area contributed by atoms with Gasteiger partial charge in [0.2, 0.25) is 5.91 Å². The Bertz CT molecular complexity index is 1080. The standard InChI is InChI=1S/C28H33FN2O4/c1-17(30)19-8-10-21(11-9-19)27(33)31-14-13-22(20-5-3-2-4-6-20)26(31)25(32)16-18-7-12-23(28(34)35)24(29)15-18/h2-7,12,15,17,19,21-22,26H,8-11,13-14,16,30H2,1H3,(H,34,35)/t17?,19?,21?,22-,26-/m0/s1. The van der Waals surface area contributed by atoms with Crippen LogP contribution in [0.2, 0.25) is 0 Å². The van der Waals surface area contributed by atoms with Gasteiger partial charge in [-0.1, -0.05) is 36.4 Å². The Hall–Kier alpha value is -3.06. The second kappa shape index (κ2) is 10.7. The number of carbonyl (C=O) groups excluding carboxylic acids is 2. The number of halogens is 1. The van der Waals surface area contributed by atoms with Gasteiger partial charge >= 0.3 is 5.97 Å². The molecule has 1 aliphatic heterocycles. The summed E-state index contributed by atoms with van der Waals surface area (Å²) in [4.78, 5) is 40.1. The summed E-state index contributed by atoms with van der Waals surface area (Å²) in [7, 11) is 0. The van der Waals surface area contributed by atoms with E-state index in [-0.39, 0.29) is 36.0 Å². The summed E-state index contributed by atoms with van der Waals surface area (Å²) in [5.41, 5.74) is 7.05. The highest BCUT2D eigenvalue weighted by Gasteiger charge is 2.44. The molecule has 0 bridgehead atoms. The lowest BCUT2D eigenvalue weighted by Crippen LogP contribution is -2.47. The summed E-state index contributed by atoms with van der Waals surface area (Å²) in [5, 5.41) is 9.08. The van der Waals surface area contributed by atoms with E-state index in [4.69, 9.17) is 10.8 Å². The molecule has 186 valence electrons. The predicted octanol–water partition coefficient (Wildman–Crippen LogP) is 4.17. The highest BCUT2D eigenvalue weighted by Crippen LogP contribution is 2.38. The van der Waals surface area contributed by atoms with Gasteiger partial charge in [-0.25, -0.2) is 9.18 Å². The topological polar surface area (TPSA) is 101 Å². The van der Waals surface area contributed by atoms with Crippen LogP contribution in [-0.4, -0.2) is 46.3 Å². The van der Waals surface area contributed by atoms with E-state index in [0.29, 0.717) is 24.4 Å². The molecule has 2 fully saturated rings. The number of hydrogen-bond acceptors (Lipinski definition) is 4. The Morgan fingerprint density at radius 2 is 1.74 bits per heavy atom. The number of rotatable bonds is 7. The molecule has 4 rings (SSSR count). The number of ketones is 1. The lowest BCUT2D eigenvalue weighted by molar-refractivity contribution is -0.142. The minimum atomic E-state index is -1.35. The van der Waals surface area contributed by atoms with Crippen LogP contribution in [0.15, 0.2) is 48.5 Å². The number of benzene rings is 2. The van der Waals surface area contributed by atoms with E-state index in [1.165, 1.54) is 12.1 Å². The van der Waals surface area contributed by atoms with Crippen molar-refractivity contribution in [2.45, 2.75) is 63.5 Å². The molecule has 1 heterocycles. The minimum absolute atomic E-state index is 0.0253. The molecule has 2 aromatic carbocycles. The number of Topliss-reactive ketones (excluding diaryl/α,β-unsaturated/α-hetero) is 1. The van der Waals surface area contributed by atoms with Crippen molar-refractivity contribution in [1.82, 2.24) is 4.90 Å². The SMILES string of the molecule is CC(N)C1CCC(C(=O)N2CC[C@@H](c3ccccc3)[C@H]2C(=O)Cc2ccc(C(=O)O)c(F)c2)CC1. The van der Waals surface area contributed by atoms with Gasteiger partial charge in [0, 0.05) is 30.8 Å². The molecular formula is C28H33FN2O4. The van der Waals surface area contributed by atoms with E-state index in [0.717, 1.165) is 37.3 Å². The summed E-state index contributed by atoms with van der Waals surface area (Å²) in [6.07, 6.45) is 4.01. The van der Waals surface area contributed by atoms with Gasteiger partial charge < -0.3 is 15.7 Å². The van der Waals surface area contributed by atoms with Crippen LogP contribution in [0.4, 0.5) is 4.39 Å². The lowest BCUT2D eigenvalue weighted by atomic mass is 9.78. The van der Waals surface area contributed by atoms with Crippen molar-refractivity contribution < 1.29 is 23.9 Å². The van der Waals surface area contributed by atoms with E-state index >= 15 is 0 Å². The fourth-order valence-corrected chi connectivity index (χ4v) is 5.76. The molecule has 0 aromatic heterocycles. The van der Waals surface area contributed by atoms with Gasteiger partial charge in [-0.15, -0.1) is 0 Å². The zero-order chi connectivity index (χ0) is 25.1. The number of aromatic carboxylic acids is 1. The summed E-state index contributed by atoms with van der Waals surface area (Å²) in [5.74, 6) is -2.16. The molecule has 0 radical (unpaired) electrons. The van der Waals surface area contributed by atoms with Gasteiger partial charge in [0.05, 0.1) is 11.6 Å². The molecule has 6 nitrogen and oxygen atoms in total. The second-order valence-corrected chi connectivity index (χ2v) is 10.0. The van der Waals surface area contributed by atoms with Gasteiger partial charge in [0.1, 0.15) is 5.82 Å². The van der Waals surface area contributed by atoms with Crippen LogP contribution in [-0.2, 0) is 16.0 Å². The maximum Gasteiger partial charge on any atom is 0.338 e. The summed E-state index contributed by atoms with van der Waals surface area (Å²) in [6, 6.07) is 13.0. The molecule has 2 aromatic rings. The molecule has 2 aliphatic rings. The molecule has 1 unspecified atom stereocenters. The van der Waals surface area contributed by atoms with E-state index in [9.17, 15) is 18.8 Å². The molecule has 1 saturated carbocycles. The molecule has 1 amide bonds. The average Bonchev–Trinajstić information content (AvgIpc) is 3.29. The van der Waals surface area contributed by atoms with E-state index in [1.54, 1.807) is 4.90 Å². The van der Waals surface area contributed by atoms with Crippen LogP contribution in [0.1, 0.15) is 66.4 Å². The van der Waals surface area contributed by atoms with Crippen LogP contribution in [0.25, 0.3) is 0 Å². The molecule has 7 heteroatoms. The molecular weight excluding hydrogens is 447 g/mol. The Balaban J connectivity index is 1.56. The highest BCUT2D eigenvalue weighted by molar-refractivity contribution is 5.93. The number of hydrogen-bond donors (Lipinski definition) is 2. The number of amides is 1. The number of nitrogens with two attached hydrogens (primary N) is 1. The average molecular weight is 481 g/mol. The number of carboxylic acids is 1. The third-order valence-corrected chi connectivity index (χ3v) is 7.75. The fourth-order valence-electron chi connectivity index (χ4n) is 5.76. The zero-order valence-electron chi connectivity index (χ0n) is 20.0. The predicted molar refractivity (Wildman–Crippen MR) is 130 cm³/mol. The first-order chi connectivity index (χ1) is 16.8. The number of carboxylic acid groups (broad SMARTS) is 1. The van der Waals surface area contributed by atoms with E-state index < -0.39 is 23.4 Å². The number of carbonyl (C=O) groups is 3. The van der Waals surface area contributed by atoms with Crippen LogP contribution in [0.3, 0.4) is 0 Å². The van der Waals surface area contributed by atoms with Crippen LogP contribution in [0.5, 0.6) is 0 Å². The highest BCUT2D eigenvalue weighted by atomic mass is 19.1. The quantitative estimate of drug-likeness (QED) is 0.619. The normalized spacial score (nSPS) is 25.3. The molecule has 1 aliphatic carbocycles. The van der Waals surface area contributed by atoms with Crippen LogP contribution in [0, 0.1) is 17.7 Å². The monoisotopic (exact) mass is 480 g/mol. The van der Waals surface area contributed by atoms with Crippen molar-refractivity contribution in [2.75, 3.05) is 6.54 Å². The Morgan fingerprint density at radius 3 is 2.34 bits per heavy atom. The van der Waals surface area contributed by atoms with Gasteiger partial charge in [0.15, 0.2) is 5.78 Å². The van der Waals surface area contributed by atoms with E-state index in [1.807, 2.05) is 37.3 Å². The van der Waals surface area contributed by atoms with Crippen molar-refractivity contribution in [3.63, 3.8) is 0 Å². The summed E-state index contributed by atoms with van der Waals surface area (Å²) >= 11 is 0. The number of likely N-dealkylation sites (tertiary alicyclic amines) is 1. The first-order valence-corrected chi connectivity index (χ1v) is 12.4. The summed E-state index contributed by atoms with van der Waals surface area (Å²) < 4.78 is 14.2. The Morgan fingerprint density at radius 1 is 1.06 bits per heavy atom. The minimum Gasteiger partial charge on any atom is -0.478 e. The van der Waals surface area contributed by atoms with Crippen molar-refractivity contribution in [2.24, 2.45) is 17.6 Å². The van der Waals surface area contributed by atoms with Gasteiger partial charge in [-0.2, -0.15) is 0 Å². The molecule has 1 saturated heterocycles. The third-order valence-electron chi connectivity index (χ3n) is 7.75. The molecule has 3 N–H and O–H groups in total. The van der Waals surface area contributed by atoms with E-state index in [2.05, 4.69) is 0 Å². The maximum atomic E-state index is 14.2. The van der Waals surface area contributed by atoms with Gasteiger partial charge in [-0.05, 0) is 68.2 Å². The third kappa shape index (κ3) is 5.45. The van der Waals surface area contributed by atoms with Crippen LogP contribution < -0.4 is 5.73 Å². The maximum absolute atomic E-state index is 14.2. The van der Waals surface area contributed by atoms with Crippen molar-refractivity contribution >= 4 is 17.7 Å². The van der Waals surface area contributed by atoms with Gasteiger partial charge in [-0.3, -0.25) is 9.59 Å². The lowest BCUT2D eigenvalue weighted by Gasteiger charge is -2.34. The summed E-state index contributed by atoms with van der Waals surface area (Å²) in [6.45, 7) is 2.52. The zero-order valence-corrected chi connectivity index (χ0v) is 20.0. The molecule has 0 spiro atoms. The fraction of sp³-hybridized carbons (Fsp3) is 0.464. The Labute approximate surface area is 205 Å². The first kappa shape index (κ1) is 25.0. The van der Waals surface area contributed by atoms with Crippen LogP contribution >= 0.6 is 0 Å². The largest absolute Gasteiger partial charge is 0.478 e. The molecule has 35 heavy (non-hydrogen) atoms. The smallest absolute Gasteiger partial charge is 0.338 e.